The molecule has 0 saturated heterocycles. The van der Waals surface area contributed by atoms with Crippen molar-refractivity contribution in [3.63, 3.8) is 0 Å². The minimum absolute atomic E-state index is 0.476. The molecule has 17 heavy (non-hydrogen) atoms. The lowest BCUT2D eigenvalue weighted by Crippen LogP contribution is -2.36. The Bertz CT molecular complexity index is 239. The Labute approximate surface area is 109 Å². The lowest BCUT2D eigenvalue weighted by Gasteiger charge is -2.37. The average molecular weight is 259 g/mol. The summed E-state index contributed by atoms with van der Waals surface area (Å²) < 4.78 is 10.9. The van der Waals surface area contributed by atoms with Crippen molar-refractivity contribution in [3.05, 3.63) is 0 Å². The van der Waals surface area contributed by atoms with Crippen LogP contribution in [0.15, 0.2) is 0 Å². The molecule has 0 radical (unpaired) electrons. The summed E-state index contributed by atoms with van der Waals surface area (Å²) in [6.07, 6.45) is 8.19. The van der Waals surface area contributed by atoms with Crippen LogP contribution < -0.4 is 5.32 Å². The molecule has 0 aliphatic heterocycles. The summed E-state index contributed by atoms with van der Waals surface area (Å²) in [5, 5.41) is 3.61. The first-order valence-corrected chi connectivity index (χ1v) is 8.65. The maximum absolute atomic E-state index is 10.9. The van der Waals surface area contributed by atoms with E-state index in [-0.39, 0.29) is 0 Å². The van der Waals surface area contributed by atoms with Gasteiger partial charge in [0.25, 0.3) is 0 Å². The van der Waals surface area contributed by atoms with Crippen molar-refractivity contribution in [2.75, 3.05) is 18.6 Å². The third kappa shape index (κ3) is 6.01. The molecule has 102 valence electrons. The third-order valence-electron chi connectivity index (χ3n) is 3.99. The molecule has 1 aliphatic rings. The van der Waals surface area contributed by atoms with Gasteiger partial charge in [0.2, 0.25) is 0 Å². The predicted octanol–water partition coefficient (Wildman–Crippen LogP) is 2.95. The van der Waals surface area contributed by atoms with Crippen LogP contribution in [0.25, 0.3) is 0 Å². The molecule has 1 rings (SSSR count). The van der Waals surface area contributed by atoms with Crippen LogP contribution in [0.5, 0.6) is 0 Å². The molecule has 1 saturated carbocycles. The zero-order chi connectivity index (χ0) is 12.9. The van der Waals surface area contributed by atoms with E-state index in [0.717, 1.165) is 24.6 Å². The fraction of sp³-hybridized carbons (Fsp3) is 1.00. The number of hydrogen-bond acceptors (Lipinski definition) is 2. The Hall–Kier alpha value is 0.110. The van der Waals surface area contributed by atoms with Crippen LogP contribution in [0.4, 0.5) is 0 Å². The molecule has 1 fully saturated rings. The Morgan fingerprint density at radius 1 is 1.18 bits per heavy atom. The van der Waals surface area contributed by atoms with Crippen molar-refractivity contribution >= 4 is 10.8 Å². The van der Waals surface area contributed by atoms with Crippen molar-refractivity contribution in [3.8, 4) is 0 Å². The first-order valence-electron chi connectivity index (χ1n) is 6.93. The Balaban J connectivity index is 2.13. The van der Waals surface area contributed by atoms with E-state index in [4.69, 9.17) is 0 Å². The molecular formula is C14H29NOS. The van der Waals surface area contributed by atoms with Crippen molar-refractivity contribution < 1.29 is 4.21 Å². The second-order valence-electron chi connectivity index (χ2n) is 6.50. The van der Waals surface area contributed by atoms with Gasteiger partial charge < -0.3 is 5.32 Å². The maximum atomic E-state index is 10.9. The van der Waals surface area contributed by atoms with E-state index >= 15 is 0 Å². The summed E-state index contributed by atoms with van der Waals surface area (Å²) in [6, 6.07) is 0.707. The summed E-state index contributed by atoms with van der Waals surface area (Å²) in [6.45, 7) is 8.12. The monoisotopic (exact) mass is 259 g/mol. The molecule has 0 aromatic heterocycles. The Morgan fingerprint density at radius 3 is 2.24 bits per heavy atom. The molecule has 0 amide bonds. The fourth-order valence-corrected chi connectivity index (χ4v) is 3.30. The van der Waals surface area contributed by atoms with Gasteiger partial charge >= 0.3 is 0 Å². The summed E-state index contributed by atoms with van der Waals surface area (Å²) >= 11 is 0. The first-order chi connectivity index (χ1) is 7.89. The van der Waals surface area contributed by atoms with Gasteiger partial charge in [0, 0.05) is 28.9 Å². The van der Waals surface area contributed by atoms with Gasteiger partial charge in [0.05, 0.1) is 0 Å². The number of hydrogen-bond donors (Lipinski definition) is 1. The molecule has 2 nitrogen and oxygen atoms in total. The van der Waals surface area contributed by atoms with Gasteiger partial charge in [-0.15, -0.1) is 0 Å². The molecule has 1 atom stereocenters. The van der Waals surface area contributed by atoms with E-state index in [0.29, 0.717) is 11.5 Å². The van der Waals surface area contributed by atoms with Gasteiger partial charge in [-0.05, 0) is 50.0 Å². The smallest absolute Gasteiger partial charge is 0.0244 e. The summed E-state index contributed by atoms with van der Waals surface area (Å²) in [5.74, 6) is 1.73. The minimum atomic E-state index is -0.629. The largest absolute Gasteiger partial charge is 0.314 e. The normalized spacial score (nSPS) is 28.0. The van der Waals surface area contributed by atoms with Crippen LogP contribution in [0.2, 0.25) is 0 Å². The van der Waals surface area contributed by atoms with Crippen LogP contribution >= 0.6 is 0 Å². The molecular weight excluding hydrogens is 230 g/mol. The lowest BCUT2D eigenvalue weighted by atomic mass is 9.71. The highest BCUT2D eigenvalue weighted by Crippen LogP contribution is 2.37. The van der Waals surface area contributed by atoms with Gasteiger partial charge in [0.1, 0.15) is 0 Å². The summed E-state index contributed by atoms with van der Waals surface area (Å²) in [4.78, 5) is 0. The molecule has 3 heteroatoms. The van der Waals surface area contributed by atoms with Gasteiger partial charge in [-0.1, -0.05) is 20.8 Å². The van der Waals surface area contributed by atoms with E-state index < -0.39 is 10.8 Å². The zero-order valence-corrected chi connectivity index (χ0v) is 12.7. The van der Waals surface area contributed by atoms with Crippen LogP contribution in [0.3, 0.4) is 0 Å². The van der Waals surface area contributed by atoms with Crippen molar-refractivity contribution in [2.24, 2.45) is 11.3 Å². The van der Waals surface area contributed by atoms with Gasteiger partial charge in [-0.25, -0.2) is 0 Å². The van der Waals surface area contributed by atoms with Crippen LogP contribution in [-0.2, 0) is 10.8 Å². The topological polar surface area (TPSA) is 29.1 Å². The number of nitrogens with one attached hydrogen (secondary N) is 1. The Kier molecular flexibility index (Phi) is 6.14. The van der Waals surface area contributed by atoms with Crippen molar-refractivity contribution in [2.45, 2.75) is 58.9 Å². The highest BCUT2D eigenvalue weighted by atomic mass is 32.2. The van der Waals surface area contributed by atoms with E-state index in [2.05, 4.69) is 26.1 Å². The van der Waals surface area contributed by atoms with E-state index in [1.165, 1.54) is 25.7 Å². The molecule has 0 aromatic carbocycles. The molecule has 1 unspecified atom stereocenters. The molecule has 0 heterocycles. The fourth-order valence-electron chi connectivity index (χ4n) is 2.75. The van der Waals surface area contributed by atoms with Gasteiger partial charge in [-0.2, -0.15) is 0 Å². The first kappa shape index (κ1) is 15.2. The van der Waals surface area contributed by atoms with Gasteiger partial charge in [0.15, 0.2) is 0 Å². The molecule has 0 bridgehead atoms. The van der Waals surface area contributed by atoms with Crippen molar-refractivity contribution in [1.29, 1.82) is 0 Å². The van der Waals surface area contributed by atoms with Crippen molar-refractivity contribution in [1.82, 2.24) is 5.32 Å². The standard InChI is InChI=1S/C14H29NOS/c1-14(2,3)12-6-8-13(9-7-12)15-10-5-11-17(4)16/h12-13,15H,5-11H2,1-4H3. The molecule has 0 spiro atoms. The minimum Gasteiger partial charge on any atom is -0.314 e. The van der Waals surface area contributed by atoms with E-state index in [1.54, 1.807) is 6.26 Å². The second kappa shape index (κ2) is 6.89. The van der Waals surface area contributed by atoms with E-state index in [9.17, 15) is 4.21 Å². The summed E-state index contributed by atoms with van der Waals surface area (Å²) in [7, 11) is -0.629. The molecule has 1 aliphatic carbocycles. The van der Waals surface area contributed by atoms with Crippen LogP contribution in [-0.4, -0.2) is 28.8 Å². The van der Waals surface area contributed by atoms with Crippen LogP contribution in [0.1, 0.15) is 52.9 Å². The quantitative estimate of drug-likeness (QED) is 0.769. The predicted molar refractivity (Wildman–Crippen MR) is 76.8 cm³/mol. The third-order valence-corrected chi connectivity index (χ3v) is 4.86. The Morgan fingerprint density at radius 2 is 1.76 bits per heavy atom. The highest BCUT2D eigenvalue weighted by molar-refractivity contribution is 7.84. The van der Waals surface area contributed by atoms with Gasteiger partial charge in [-0.3, -0.25) is 4.21 Å². The number of rotatable bonds is 5. The molecule has 0 aromatic rings. The maximum Gasteiger partial charge on any atom is 0.0244 e. The zero-order valence-electron chi connectivity index (χ0n) is 11.9. The summed E-state index contributed by atoms with van der Waals surface area (Å²) in [5.41, 5.74) is 0.476. The lowest BCUT2D eigenvalue weighted by molar-refractivity contribution is 0.160. The molecule has 1 N–H and O–H groups in total. The van der Waals surface area contributed by atoms with Crippen LogP contribution in [0, 0.1) is 11.3 Å². The average Bonchev–Trinajstić information content (AvgIpc) is 2.23. The van der Waals surface area contributed by atoms with E-state index in [1.807, 2.05) is 0 Å². The second-order valence-corrected chi connectivity index (χ2v) is 8.05. The highest BCUT2D eigenvalue weighted by Gasteiger charge is 2.29. The SMILES string of the molecule is CS(=O)CCCNC1CCC(C(C)(C)C)CC1.